The van der Waals surface area contributed by atoms with Gasteiger partial charge in [0.25, 0.3) is 0 Å². The Morgan fingerprint density at radius 3 is 2.58 bits per heavy atom. The second-order valence-corrected chi connectivity index (χ2v) is 7.36. The second-order valence-electron chi connectivity index (χ2n) is 7.36. The molecule has 0 heterocycles. The monoisotopic (exact) mass is 332 g/mol. The number of carbonyl (C=O) groups excluding carboxylic acids is 2. The zero-order valence-corrected chi connectivity index (χ0v) is 14.9. The lowest BCUT2D eigenvalue weighted by Gasteiger charge is -2.17. The zero-order chi connectivity index (χ0) is 17.6. The predicted molar refractivity (Wildman–Crippen MR) is 95.0 cm³/mol. The van der Waals surface area contributed by atoms with Crippen LogP contribution in [0.3, 0.4) is 0 Å². The zero-order valence-electron chi connectivity index (χ0n) is 14.9. The summed E-state index contributed by atoms with van der Waals surface area (Å²) in [4.78, 5) is 23.8. The van der Waals surface area contributed by atoms with Gasteiger partial charge in [0, 0.05) is 30.1 Å². The van der Waals surface area contributed by atoms with Gasteiger partial charge in [-0.3, -0.25) is 9.59 Å². The van der Waals surface area contributed by atoms with Gasteiger partial charge in [-0.05, 0) is 37.8 Å². The van der Waals surface area contributed by atoms with Crippen LogP contribution in [0.15, 0.2) is 24.3 Å². The molecular formula is C19H28N2O3. The first kappa shape index (κ1) is 18.3. The number of rotatable bonds is 6. The lowest BCUT2D eigenvalue weighted by atomic mass is 9.96. The molecule has 0 unspecified atom stereocenters. The van der Waals surface area contributed by atoms with Gasteiger partial charge in [0.15, 0.2) is 0 Å². The molecule has 1 fully saturated rings. The molecule has 24 heavy (non-hydrogen) atoms. The number of ether oxygens (including phenoxy) is 1. The van der Waals surface area contributed by atoms with E-state index in [1.807, 2.05) is 45.0 Å². The lowest BCUT2D eigenvalue weighted by molar-refractivity contribution is -0.128. The van der Waals surface area contributed by atoms with Crippen LogP contribution < -0.4 is 15.4 Å². The highest BCUT2D eigenvalue weighted by molar-refractivity contribution is 5.91. The summed E-state index contributed by atoms with van der Waals surface area (Å²) >= 11 is 0. The third kappa shape index (κ3) is 5.87. The van der Waals surface area contributed by atoms with E-state index in [2.05, 4.69) is 10.6 Å². The number of carbonyl (C=O) groups is 2. The molecule has 0 atom stereocenters. The SMILES string of the molecule is CC(C)(C)C(=O)NCCC(=O)Nc1cccc(OC2CCCC2)c1. The number of anilines is 1. The highest BCUT2D eigenvalue weighted by atomic mass is 16.5. The molecule has 0 radical (unpaired) electrons. The molecule has 2 amide bonds. The summed E-state index contributed by atoms with van der Waals surface area (Å²) in [7, 11) is 0. The molecule has 0 spiro atoms. The van der Waals surface area contributed by atoms with Gasteiger partial charge in [0.2, 0.25) is 11.8 Å². The van der Waals surface area contributed by atoms with E-state index in [0.29, 0.717) is 12.6 Å². The van der Waals surface area contributed by atoms with Crippen LogP contribution in [0.1, 0.15) is 52.9 Å². The summed E-state index contributed by atoms with van der Waals surface area (Å²) in [5, 5.41) is 5.62. The van der Waals surface area contributed by atoms with Crippen molar-refractivity contribution in [3.8, 4) is 5.75 Å². The fourth-order valence-electron chi connectivity index (χ4n) is 2.62. The van der Waals surface area contributed by atoms with Crippen molar-refractivity contribution in [1.82, 2.24) is 5.32 Å². The molecular weight excluding hydrogens is 304 g/mol. The Morgan fingerprint density at radius 1 is 1.21 bits per heavy atom. The fraction of sp³-hybridized carbons (Fsp3) is 0.579. The van der Waals surface area contributed by atoms with Crippen LogP contribution in [-0.2, 0) is 9.59 Å². The van der Waals surface area contributed by atoms with Crippen molar-refractivity contribution in [2.75, 3.05) is 11.9 Å². The molecule has 0 aromatic heterocycles. The van der Waals surface area contributed by atoms with E-state index in [1.165, 1.54) is 12.8 Å². The first-order valence-electron chi connectivity index (χ1n) is 8.69. The van der Waals surface area contributed by atoms with E-state index >= 15 is 0 Å². The van der Waals surface area contributed by atoms with E-state index in [-0.39, 0.29) is 18.2 Å². The molecule has 0 saturated heterocycles. The van der Waals surface area contributed by atoms with Crippen molar-refractivity contribution in [2.45, 2.75) is 59.0 Å². The van der Waals surface area contributed by atoms with Crippen molar-refractivity contribution >= 4 is 17.5 Å². The highest BCUT2D eigenvalue weighted by Gasteiger charge is 2.20. The molecule has 1 aromatic carbocycles. The van der Waals surface area contributed by atoms with Gasteiger partial charge in [0.1, 0.15) is 5.75 Å². The molecule has 5 heteroatoms. The Labute approximate surface area is 144 Å². The van der Waals surface area contributed by atoms with Gasteiger partial charge in [-0.2, -0.15) is 0 Å². The van der Waals surface area contributed by atoms with Gasteiger partial charge in [0.05, 0.1) is 6.10 Å². The maximum absolute atomic E-state index is 12.0. The fourth-order valence-corrected chi connectivity index (χ4v) is 2.62. The Balaban J connectivity index is 1.78. The molecule has 1 saturated carbocycles. The molecule has 0 bridgehead atoms. The Kier molecular flexibility index (Phi) is 6.23. The molecule has 2 rings (SSSR count). The molecule has 0 aliphatic heterocycles. The summed E-state index contributed by atoms with van der Waals surface area (Å²) in [6, 6.07) is 7.48. The first-order valence-corrected chi connectivity index (χ1v) is 8.69. The van der Waals surface area contributed by atoms with Gasteiger partial charge in [-0.15, -0.1) is 0 Å². The van der Waals surface area contributed by atoms with Crippen LogP contribution in [-0.4, -0.2) is 24.5 Å². The second kappa shape index (κ2) is 8.18. The molecule has 132 valence electrons. The van der Waals surface area contributed by atoms with Gasteiger partial charge in [-0.1, -0.05) is 26.8 Å². The summed E-state index contributed by atoms with van der Waals surface area (Å²) < 4.78 is 5.94. The largest absolute Gasteiger partial charge is 0.490 e. The van der Waals surface area contributed by atoms with Gasteiger partial charge in [-0.25, -0.2) is 0 Å². The summed E-state index contributed by atoms with van der Waals surface area (Å²) in [6.45, 7) is 5.87. The molecule has 1 aromatic rings. The van der Waals surface area contributed by atoms with E-state index in [4.69, 9.17) is 4.74 Å². The lowest BCUT2D eigenvalue weighted by Crippen LogP contribution is -2.36. The van der Waals surface area contributed by atoms with E-state index < -0.39 is 5.41 Å². The van der Waals surface area contributed by atoms with Crippen molar-refractivity contribution < 1.29 is 14.3 Å². The number of hydrogen-bond acceptors (Lipinski definition) is 3. The molecule has 2 N–H and O–H groups in total. The maximum atomic E-state index is 12.0. The Morgan fingerprint density at radius 2 is 1.92 bits per heavy atom. The third-order valence-corrected chi connectivity index (χ3v) is 4.04. The Bertz CT molecular complexity index is 572. The summed E-state index contributed by atoms with van der Waals surface area (Å²) in [5.74, 6) is 0.616. The standard InChI is InChI=1S/C19H28N2O3/c1-19(2,3)18(23)20-12-11-17(22)21-14-7-6-10-16(13-14)24-15-8-4-5-9-15/h6-7,10,13,15H,4-5,8-9,11-12H2,1-3H3,(H,20,23)(H,21,22). The van der Waals surface area contributed by atoms with Crippen LogP contribution in [0.2, 0.25) is 0 Å². The van der Waals surface area contributed by atoms with E-state index in [1.54, 1.807) is 0 Å². The van der Waals surface area contributed by atoms with Crippen LogP contribution in [0.25, 0.3) is 0 Å². The van der Waals surface area contributed by atoms with E-state index in [9.17, 15) is 9.59 Å². The third-order valence-electron chi connectivity index (χ3n) is 4.04. The van der Waals surface area contributed by atoms with Crippen molar-refractivity contribution in [3.63, 3.8) is 0 Å². The topological polar surface area (TPSA) is 67.4 Å². The van der Waals surface area contributed by atoms with Crippen molar-refractivity contribution in [3.05, 3.63) is 24.3 Å². The molecule has 1 aliphatic carbocycles. The average molecular weight is 332 g/mol. The first-order chi connectivity index (χ1) is 11.3. The normalized spacial score (nSPS) is 15.1. The minimum Gasteiger partial charge on any atom is -0.490 e. The summed E-state index contributed by atoms with van der Waals surface area (Å²) in [6.07, 6.45) is 5.19. The van der Waals surface area contributed by atoms with Crippen LogP contribution in [0, 0.1) is 5.41 Å². The van der Waals surface area contributed by atoms with Crippen molar-refractivity contribution in [1.29, 1.82) is 0 Å². The van der Waals surface area contributed by atoms with Crippen LogP contribution in [0.4, 0.5) is 5.69 Å². The number of nitrogens with one attached hydrogen (secondary N) is 2. The maximum Gasteiger partial charge on any atom is 0.226 e. The van der Waals surface area contributed by atoms with Crippen LogP contribution in [0.5, 0.6) is 5.75 Å². The number of amides is 2. The summed E-state index contributed by atoms with van der Waals surface area (Å²) in [5.41, 5.74) is 0.278. The van der Waals surface area contributed by atoms with Gasteiger partial charge < -0.3 is 15.4 Å². The van der Waals surface area contributed by atoms with Crippen molar-refractivity contribution in [2.24, 2.45) is 5.41 Å². The minimum atomic E-state index is -0.442. The number of hydrogen-bond donors (Lipinski definition) is 2. The van der Waals surface area contributed by atoms with E-state index in [0.717, 1.165) is 24.3 Å². The quantitative estimate of drug-likeness (QED) is 0.838. The Hall–Kier alpha value is -2.04. The number of benzene rings is 1. The smallest absolute Gasteiger partial charge is 0.226 e. The molecule has 1 aliphatic rings. The molecule has 5 nitrogen and oxygen atoms in total. The minimum absolute atomic E-state index is 0.0535. The average Bonchev–Trinajstić information content (AvgIpc) is 2.99. The van der Waals surface area contributed by atoms with Gasteiger partial charge >= 0.3 is 0 Å². The van der Waals surface area contributed by atoms with Crippen LogP contribution >= 0.6 is 0 Å². The predicted octanol–water partition coefficient (Wildman–Crippen LogP) is 3.50. The highest BCUT2D eigenvalue weighted by Crippen LogP contribution is 2.25.